The maximum Gasteiger partial charge on any atom is 0.174 e. The Balaban J connectivity index is 1.74. The van der Waals surface area contributed by atoms with Gasteiger partial charge in [-0.15, -0.1) is 0 Å². The maximum absolute atomic E-state index is 5.65. The number of hydrogen-bond acceptors (Lipinski definition) is 4. The Morgan fingerprint density at radius 2 is 2.12 bits per heavy atom. The van der Waals surface area contributed by atoms with Gasteiger partial charge < -0.3 is 19.7 Å². The minimum absolute atomic E-state index is 0.495. The van der Waals surface area contributed by atoms with Crippen LogP contribution in [-0.4, -0.2) is 35.3 Å². The zero-order valence-corrected chi connectivity index (χ0v) is 14.7. The molecule has 0 radical (unpaired) electrons. The Morgan fingerprint density at radius 3 is 2.75 bits per heavy atom. The largest absolute Gasteiger partial charge is 0.497 e. The van der Waals surface area contributed by atoms with E-state index in [1.54, 1.807) is 20.4 Å². The van der Waals surface area contributed by atoms with Crippen molar-refractivity contribution in [1.82, 2.24) is 9.88 Å². The molecule has 0 atom stereocenters. The average Bonchev–Trinajstić information content (AvgIpc) is 3.45. The van der Waals surface area contributed by atoms with Crippen LogP contribution in [0.4, 0.5) is 5.69 Å². The summed E-state index contributed by atoms with van der Waals surface area (Å²) in [7, 11) is 3.27. The van der Waals surface area contributed by atoms with Crippen molar-refractivity contribution in [1.29, 1.82) is 0 Å². The van der Waals surface area contributed by atoms with Crippen molar-refractivity contribution in [2.45, 2.75) is 25.4 Å². The fourth-order valence-corrected chi connectivity index (χ4v) is 2.85. The van der Waals surface area contributed by atoms with E-state index in [1.807, 2.05) is 30.5 Å². The molecule has 5 nitrogen and oxygen atoms in total. The van der Waals surface area contributed by atoms with Crippen molar-refractivity contribution < 1.29 is 9.47 Å². The van der Waals surface area contributed by atoms with E-state index in [-0.39, 0.29) is 0 Å². The molecule has 1 aliphatic carbocycles. The third-order valence-electron chi connectivity index (χ3n) is 3.97. The molecule has 0 saturated heterocycles. The van der Waals surface area contributed by atoms with Crippen molar-refractivity contribution in [3.63, 3.8) is 0 Å². The Bertz CT molecular complexity index is 705. The minimum atomic E-state index is 0.495. The Hall–Kier alpha value is -2.34. The van der Waals surface area contributed by atoms with E-state index in [9.17, 15) is 0 Å². The highest BCUT2D eigenvalue weighted by atomic mass is 32.1. The van der Waals surface area contributed by atoms with Crippen LogP contribution >= 0.6 is 12.2 Å². The van der Waals surface area contributed by atoms with Crippen molar-refractivity contribution in [2.24, 2.45) is 0 Å². The molecule has 1 N–H and O–H groups in total. The van der Waals surface area contributed by atoms with E-state index < -0.39 is 0 Å². The van der Waals surface area contributed by atoms with Crippen LogP contribution in [0.3, 0.4) is 0 Å². The number of methoxy groups -OCH3 is 2. The third-order valence-corrected chi connectivity index (χ3v) is 4.31. The van der Waals surface area contributed by atoms with Gasteiger partial charge in [-0.05, 0) is 48.8 Å². The second-order valence-corrected chi connectivity index (χ2v) is 6.10. The van der Waals surface area contributed by atoms with E-state index in [1.165, 1.54) is 12.8 Å². The van der Waals surface area contributed by atoms with E-state index in [0.29, 0.717) is 16.9 Å². The number of thiocarbonyl (C=S) groups is 1. The molecule has 0 unspecified atom stereocenters. The number of anilines is 1. The predicted molar refractivity (Wildman–Crippen MR) is 98.6 cm³/mol. The lowest BCUT2D eigenvalue weighted by molar-refractivity contribution is 0.394. The molecule has 1 aromatic heterocycles. The second kappa shape index (κ2) is 7.49. The Morgan fingerprint density at radius 1 is 1.29 bits per heavy atom. The van der Waals surface area contributed by atoms with Crippen LogP contribution in [0.25, 0.3) is 0 Å². The molecule has 1 fully saturated rings. The number of nitrogens with zero attached hydrogens (tertiary/aromatic N) is 2. The summed E-state index contributed by atoms with van der Waals surface area (Å²) in [5.74, 6) is 1.45. The van der Waals surface area contributed by atoms with Gasteiger partial charge in [0.1, 0.15) is 11.5 Å². The lowest BCUT2D eigenvalue weighted by atomic mass is 10.2. The van der Waals surface area contributed by atoms with Gasteiger partial charge in [-0.2, -0.15) is 0 Å². The van der Waals surface area contributed by atoms with Crippen LogP contribution in [0.1, 0.15) is 18.4 Å². The van der Waals surface area contributed by atoms with Gasteiger partial charge in [0.25, 0.3) is 0 Å². The van der Waals surface area contributed by atoms with Gasteiger partial charge in [0.15, 0.2) is 5.11 Å². The van der Waals surface area contributed by atoms with E-state index in [0.717, 1.165) is 23.5 Å². The highest BCUT2D eigenvalue weighted by Crippen LogP contribution is 2.32. The zero-order valence-electron chi connectivity index (χ0n) is 13.9. The first-order valence-electron chi connectivity index (χ1n) is 7.90. The Labute approximate surface area is 147 Å². The van der Waals surface area contributed by atoms with Gasteiger partial charge in [-0.1, -0.05) is 6.07 Å². The summed E-state index contributed by atoms with van der Waals surface area (Å²) >= 11 is 5.65. The molecule has 0 spiro atoms. The van der Waals surface area contributed by atoms with E-state index >= 15 is 0 Å². The van der Waals surface area contributed by atoms with Gasteiger partial charge in [-0.3, -0.25) is 4.98 Å². The Kier molecular flexibility index (Phi) is 5.15. The van der Waals surface area contributed by atoms with Crippen molar-refractivity contribution >= 4 is 23.0 Å². The zero-order chi connectivity index (χ0) is 16.9. The number of aromatic nitrogens is 1. The second-order valence-electron chi connectivity index (χ2n) is 5.72. The van der Waals surface area contributed by atoms with Crippen LogP contribution in [-0.2, 0) is 6.54 Å². The summed E-state index contributed by atoms with van der Waals surface area (Å²) in [6.07, 6.45) is 6.00. The lowest BCUT2D eigenvalue weighted by Gasteiger charge is -2.26. The van der Waals surface area contributed by atoms with Crippen molar-refractivity contribution in [3.05, 3.63) is 48.3 Å². The van der Waals surface area contributed by atoms with Gasteiger partial charge >= 0.3 is 0 Å². The normalized spacial score (nSPS) is 13.2. The maximum atomic E-state index is 5.65. The summed E-state index contributed by atoms with van der Waals surface area (Å²) in [4.78, 5) is 6.40. The summed E-state index contributed by atoms with van der Waals surface area (Å²) in [5, 5.41) is 4.01. The van der Waals surface area contributed by atoms with Gasteiger partial charge in [0, 0.05) is 31.0 Å². The van der Waals surface area contributed by atoms with Crippen LogP contribution in [0.5, 0.6) is 11.5 Å². The smallest absolute Gasteiger partial charge is 0.174 e. The topological polar surface area (TPSA) is 46.6 Å². The number of nitrogens with one attached hydrogen (secondary N) is 1. The lowest BCUT2D eigenvalue weighted by Crippen LogP contribution is -2.36. The van der Waals surface area contributed by atoms with Gasteiger partial charge in [0.2, 0.25) is 0 Å². The average molecular weight is 343 g/mol. The molecule has 24 heavy (non-hydrogen) atoms. The molecule has 1 aromatic carbocycles. The van der Waals surface area contributed by atoms with E-state index in [2.05, 4.69) is 21.3 Å². The fraction of sp³-hybridized carbons (Fsp3) is 0.333. The standard InChI is InChI=1S/C18H21N3O2S/c1-22-15-7-8-16(17(10-15)23-2)20-18(24)21(14-5-6-14)12-13-4-3-9-19-11-13/h3-4,7-11,14H,5-6,12H2,1-2H3,(H,20,24). The molecule has 3 rings (SSSR count). The first-order valence-corrected chi connectivity index (χ1v) is 8.30. The van der Waals surface area contributed by atoms with Crippen LogP contribution in [0, 0.1) is 0 Å². The quantitative estimate of drug-likeness (QED) is 0.811. The molecule has 0 amide bonds. The fourth-order valence-electron chi connectivity index (χ4n) is 2.53. The molecular formula is C18H21N3O2S. The molecular weight excluding hydrogens is 322 g/mol. The highest BCUT2D eigenvalue weighted by molar-refractivity contribution is 7.80. The van der Waals surface area contributed by atoms with Crippen molar-refractivity contribution in [2.75, 3.05) is 19.5 Å². The third kappa shape index (κ3) is 3.94. The number of benzene rings is 1. The summed E-state index contributed by atoms with van der Waals surface area (Å²) < 4.78 is 10.7. The summed E-state index contributed by atoms with van der Waals surface area (Å²) in [6.45, 7) is 0.753. The number of ether oxygens (including phenoxy) is 2. The number of hydrogen-bond donors (Lipinski definition) is 1. The molecule has 1 saturated carbocycles. The van der Waals surface area contributed by atoms with Crippen molar-refractivity contribution in [3.8, 4) is 11.5 Å². The molecule has 0 aliphatic heterocycles. The first-order chi connectivity index (χ1) is 11.7. The molecule has 6 heteroatoms. The molecule has 1 heterocycles. The highest BCUT2D eigenvalue weighted by Gasteiger charge is 2.31. The van der Waals surface area contributed by atoms with Gasteiger partial charge in [0.05, 0.1) is 19.9 Å². The van der Waals surface area contributed by atoms with Crippen LogP contribution < -0.4 is 14.8 Å². The van der Waals surface area contributed by atoms with Crippen LogP contribution in [0.15, 0.2) is 42.7 Å². The minimum Gasteiger partial charge on any atom is -0.497 e. The summed E-state index contributed by atoms with van der Waals surface area (Å²) in [6, 6.07) is 10.2. The van der Waals surface area contributed by atoms with E-state index in [4.69, 9.17) is 21.7 Å². The molecule has 126 valence electrons. The number of pyridine rings is 1. The monoisotopic (exact) mass is 343 g/mol. The van der Waals surface area contributed by atoms with Gasteiger partial charge in [-0.25, -0.2) is 0 Å². The SMILES string of the molecule is COc1ccc(NC(=S)N(Cc2cccnc2)C2CC2)c(OC)c1. The van der Waals surface area contributed by atoms with Crippen LogP contribution in [0.2, 0.25) is 0 Å². The molecule has 1 aliphatic rings. The summed E-state index contributed by atoms with van der Waals surface area (Å²) in [5.41, 5.74) is 1.98. The number of rotatable bonds is 6. The molecule has 0 bridgehead atoms. The predicted octanol–water partition coefficient (Wildman–Crippen LogP) is 3.46. The first kappa shape index (κ1) is 16.5. The molecule has 2 aromatic rings.